The maximum atomic E-state index is 14.0. The number of rotatable bonds is 7. The second-order valence-electron chi connectivity index (χ2n) is 8.06. The molecule has 164 valence electrons. The van der Waals surface area contributed by atoms with E-state index in [9.17, 15) is 9.50 Å². The Bertz CT molecular complexity index is 861. The first-order valence-corrected chi connectivity index (χ1v) is 11.5. The number of fused-ring (bicyclic) bond motifs is 1. The molecule has 0 radical (unpaired) electrons. The number of aliphatic hydroxyl groups excluding tert-OH is 1. The number of hydrogen-bond acceptors (Lipinski definition) is 4. The van der Waals surface area contributed by atoms with E-state index >= 15 is 0 Å². The first-order valence-electron chi connectivity index (χ1n) is 10.7. The van der Waals surface area contributed by atoms with Crippen molar-refractivity contribution in [1.29, 1.82) is 0 Å². The van der Waals surface area contributed by atoms with Crippen molar-refractivity contribution >= 4 is 24.2 Å². The Hall–Kier alpha value is -1.27. The highest BCUT2D eigenvalue weighted by Crippen LogP contribution is 2.52. The summed E-state index contributed by atoms with van der Waals surface area (Å²) < 4.78 is 20.2. The Kier molecular flexibility index (Phi) is 7.72. The number of likely N-dealkylation sites (tertiary alicyclic amines) is 1. The molecule has 1 saturated heterocycles. The summed E-state index contributed by atoms with van der Waals surface area (Å²) in [6, 6.07) is 14.0. The summed E-state index contributed by atoms with van der Waals surface area (Å²) in [5, 5.41) is 10.1. The van der Waals surface area contributed by atoms with E-state index in [0.29, 0.717) is 6.42 Å². The standard InChI is InChI=1S/C24H30FNO2S.ClH/c1-3-24(4-2)28-22-14-10-18(15-23(22)29-24)21-13-12-19(26(21)16-27)11-9-17-7-5-6-8-20(17)25;/h5-8,10,14-15,19,21,27H,3-4,9,11-13,16H2,1-2H3;1H. The Morgan fingerprint density at radius 3 is 2.63 bits per heavy atom. The molecule has 3 nitrogen and oxygen atoms in total. The third-order valence-electron chi connectivity index (χ3n) is 6.53. The molecule has 1 N–H and O–H groups in total. The van der Waals surface area contributed by atoms with Crippen LogP contribution in [-0.2, 0) is 6.42 Å². The van der Waals surface area contributed by atoms with Crippen LogP contribution in [0.15, 0.2) is 47.4 Å². The van der Waals surface area contributed by atoms with Gasteiger partial charge in [-0.15, -0.1) is 12.4 Å². The fourth-order valence-corrected chi connectivity index (χ4v) is 5.92. The van der Waals surface area contributed by atoms with Crippen molar-refractivity contribution in [1.82, 2.24) is 4.90 Å². The number of ether oxygens (including phenoxy) is 1. The fraction of sp³-hybridized carbons (Fsp3) is 0.500. The van der Waals surface area contributed by atoms with Crippen molar-refractivity contribution < 1.29 is 14.2 Å². The number of aryl methyl sites for hydroxylation is 1. The van der Waals surface area contributed by atoms with Crippen molar-refractivity contribution in [2.24, 2.45) is 0 Å². The number of halogens is 2. The highest BCUT2D eigenvalue weighted by Gasteiger charge is 2.39. The van der Waals surface area contributed by atoms with Gasteiger partial charge in [0.1, 0.15) is 11.6 Å². The van der Waals surface area contributed by atoms with Gasteiger partial charge in [0.05, 0.1) is 11.6 Å². The monoisotopic (exact) mass is 451 g/mol. The van der Waals surface area contributed by atoms with Gasteiger partial charge in [-0.3, -0.25) is 4.90 Å². The summed E-state index contributed by atoms with van der Waals surface area (Å²) in [6.07, 6.45) is 5.54. The van der Waals surface area contributed by atoms with Crippen molar-refractivity contribution in [2.75, 3.05) is 6.73 Å². The van der Waals surface area contributed by atoms with Gasteiger partial charge in [-0.2, -0.15) is 0 Å². The molecule has 0 bridgehead atoms. The highest BCUT2D eigenvalue weighted by molar-refractivity contribution is 8.00. The lowest BCUT2D eigenvalue weighted by molar-refractivity contribution is 0.0595. The summed E-state index contributed by atoms with van der Waals surface area (Å²) in [5.41, 5.74) is 2.00. The molecular weight excluding hydrogens is 421 g/mol. The van der Waals surface area contributed by atoms with Crippen LogP contribution in [0.5, 0.6) is 5.75 Å². The SMILES string of the molecule is CCC1(CC)Oc2ccc(C3CCC(CCc4ccccc4F)N3CO)cc2S1.Cl. The molecule has 2 atom stereocenters. The number of thioether (sulfide) groups is 1. The van der Waals surface area contributed by atoms with Crippen LogP contribution < -0.4 is 4.74 Å². The number of aliphatic hydroxyl groups is 1. The van der Waals surface area contributed by atoms with Crippen LogP contribution in [0.2, 0.25) is 0 Å². The third-order valence-corrected chi connectivity index (χ3v) is 8.10. The van der Waals surface area contributed by atoms with Gasteiger partial charge in [0.15, 0.2) is 4.93 Å². The summed E-state index contributed by atoms with van der Waals surface area (Å²) >= 11 is 1.83. The second-order valence-corrected chi connectivity index (χ2v) is 9.45. The van der Waals surface area contributed by atoms with E-state index in [0.717, 1.165) is 43.4 Å². The zero-order valence-electron chi connectivity index (χ0n) is 17.6. The van der Waals surface area contributed by atoms with Crippen LogP contribution in [0.3, 0.4) is 0 Å². The van der Waals surface area contributed by atoms with E-state index in [4.69, 9.17) is 4.74 Å². The molecule has 2 unspecified atom stereocenters. The second kappa shape index (κ2) is 9.90. The molecule has 2 aliphatic heterocycles. The molecule has 2 aliphatic rings. The lowest BCUT2D eigenvalue weighted by atomic mass is 10.0. The van der Waals surface area contributed by atoms with Gasteiger partial charge in [-0.05, 0) is 67.9 Å². The van der Waals surface area contributed by atoms with Gasteiger partial charge in [0.25, 0.3) is 0 Å². The van der Waals surface area contributed by atoms with Crippen LogP contribution in [0.1, 0.15) is 63.1 Å². The molecule has 0 amide bonds. The maximum absolute atomic E-state index is 14.0. The molecule has 30 heavy (non-hydrogen) atoms. The summed E-state index contributed by atoms with van der Waals surface area (Å²) in [4.78, 5) is 3.24. The summed E-state index contributed by atoms with van der Waals surface area (Å²) in [6.45, 7) is 4.38. The summed E-state index contributed by atoms with van der Waals surface area (Å²) in [5.74, 6) is 0.843. The van der Waals surface area contributed by atoms with Crippen LogP contribution >= 0.6 is 24.2 Å². The van der Waals surface area contributed by atoms with Crippen molar-refractivity contribution in [2.45, 2.75) is 74.3 Å². The van der Waals surface area contributed by atoms with E-state index in [1.807, 2.05) is 23.9 Å². The molecule has 2 aromatic carbocycles. The minimum Gasteiger partial charge on any atom is -0.475 e. The topological polar surface area (TPSA) is 32.7 Å². The maximum Gasteiger partial charge on any atom is 0.158 e. The predicted octanol–water partition coefficient (Wildman–Crippen LogP) is 6.34. The van der Waals surface area contributed by atoms with Crippen molar-refractivity contribution in [3.63, 3.8) is 0 Å². The quantitative estimate of drug-likeness (QED) is 0.532. The zero-order chi connectivity index (χ0) is 20.4. The molecule has 6 heteroatoms. The fourth-order valence-electron chi connectivity index (χ4n) is 4.70. The average molecular weight is 452 g/mol. The van der Waals surface area contributed by atoms with Crippen molar-refractivity contribution in [3.8, 4) is 5.75 Å². The van der Waals surface area contributed by atoms with E-state index < -0.39 is 0 Å². The largest absolute Gasteiger partial charge is 0.475 e. The smallest absolute Gasteiger partial charge is 0.158 e. The van der Waals surface area contributed by atoms with Crippen LogP contribution in [-0.4, -0.2) is 27.7 Å². The molecule has 0 aromatic heterocycles. The highest BCUT2D eigenvalue weighted by atomic mass is 35.5. The molecule has 0 saturated carbocycles. The molecule has 2 heterocycles. The average Bonchev–Trinajstić information content (AvgIpc) is 3.33. The Balaban J connectivity index is 0.00000256. The minimum absolute atomic E-state index is 0. The lowest BCUT2D eigenvalue weighted by Gasteiger charge is -2.28. The Morgan fingerprint density at radius 1 is 1.17 bits per heavy atom. The first-order chi connectivity index (χ1) is 14.1. The van der Waals surface area contributed by atoms with Crippen LogP contribution in [0.4, 0.5) is 4.39 Å². The van der Waals surface area contributed by atoms with Gasteiger partial charge in [0.2, 0.25) is 0 Å². The number of benzene rings is 2. The molecule has 0 aliphatic carbocycles. The molecule has 1 fully saturated rings. The molecular formula is C24H31ClFNO2S. The van der Waals surface area contributed by atoms with Gasteiger partial charge in [0, 0.05) is 12.1 Å². The molecule has 0 spiro atoms. The Morgan fingerprint density at radius 2 is 1.93 bits per heavy atom. The third kappa shape index (κ3) is 4.50. The molecule has 2 aromatic rings. The van der Waals surface area contributed by atoms with E-state index in [1.54, 1.807) is 6.07 Å². The van der Waals surface area contributed by atoms with Crippen LogP contribution in [0, 0.1) is 5.82 Å². The van der Waals surface area contributed by atoms with Gasteiger partial charge >= 0.3 is 0 Å². The van der Waals surface area contributed by atoms with Crippen molar-refractivity contribution in [3.05, 3.63) is 59.4 Å². The first kappa shape index (κ1) is 23.4. The zero-order valence-corrected chi connectivity index (χ0v) is 19.3. The number of nitrogens with zero attached hydrogens (tertiary/aromatic N) is 1. The van der Waals surface area contributed by atoms with E-state index in [2.05, 4.69) is 36.9 Å². The molecule has 4 rings (SSSR count). The normalized spacial score (nSPS) is 22.4. The van der Waals surface area contributed by atoms with Gasteiger partial charge in [-0.25, -0.2) is 4.39 Å². The van der Waals surface area contributed by atoms with E-state index in [-0.39, 0.29) is 42.0 Å². The Labute approximate surface area is 189 Å². The minimum atomic E-state index is -0.143. The summed E-state index contributed by atoms with van der Waals surface area (Å²) in [7, 11) is 0. The van der Waals surface area contributed by atoms with E-state index in [1.165, 1.54) is 16.5 Å². The van der Waals surface area contributed by atoms with Gasteiger partial charge < -0.3 is 9.84 Å². The van der Waals surface area contributed by atoms with Crippen LogP contribution in [0.25, 0.3) is 0 Å². The predicted molar refractivity (Wildman–Crippen MR) is 123 cm³/mol. The van der Waals surface area contributed by atoms with Gasteiger partial charge in [-0.1, -0.05) is 49.9 Å². The number of hydrogen-bond donors (Lipinski definition) is 1. The lowest BCUT2D eigenvalue weighted by Crippen LogP contribution is -2.33.